The zero-order chi connectivity index (χ0) is 11.1. The number of nitrogens with zero attached hydrogens (tertiary/aromatic N) is 1. The first-order valence-corrected chi connectivity index (χ1v) is 7.64. The van der Waals surface area contributed by atoms with E-state index in [9.17, 15) is 8.42 Å². The molecule has 88 valence electrons. The van der Waals surface area contributed by atoms with Gasteiger partial charge in [-0.15, -0.1) is 11.6 Å². The van der Waals surface area contributed by atoms with Gasteiger partial charge < -0.3 is 0 Å². The third kappa shape index (κ3) is 2.04. The molecule has 3 atom stereocenters. The number of alkyl halides is 1. The molecule has 0 amide bonds. The van der Waals surface area contributed by atoms with Gasteiger partial charge in [-0.1, -0.05) is 6.42 Å². The lowest BCUT2D eigenvalue weighted by Gasteiger charge is -2.20. The molecule has 0 aromatic rings. The van der Waals surface area contributed by atoms with Gasteiger partial charge in [0.1, 0.15) is 0 Å². The summed E-state index contributed by atoms with van der Waals surface area (Å²) in [5.74, 6) is 1.42. The van der Waals surface area contributed by atoms with Crippen molar-refractivity contribution in [3.63, 3.8) is 0 Å². The summed E-state index contributed by atoms with van der Waals surface area (Å²) >= 11 is 5.63. The van der Waals surface area contributed by atoms with Crippen molar-refractivity contribution in [2.45, 2.75) is 31.4 Å². The fourth-order valence-electron chi connectivity index (χ4n) is 2.73. The highest BCUT2D eigenvalue weighted by Gasteiger charge is 2.42. The van der Waals surface area contributed by atoms with Crippen LogP contribution in [0.3, 0.4) is 0 Å². The summed E-state index contributed by atoms with van der Waals surface area (Å²) < 4.78 is 25.7. The van der Waals surface area contributed by atoms with E-state index in [1.807, 2.05) is 0 Å². The van der Waals surface area contributed by atoms with Gasteiger partial charge in [0.15, 0.2) is 0 Å². The van der Waals surface area contributed by atoms with Gasteiger partial charge in [-0.25, -0.2) is 12.7 Å². The van der Waals surface area contributed by atoms with Crippen molar-refractivity contribution in [2.75, 3.05) is 19.0 Å². The maximum Gasteiger partial charge on any atom is 0.217 e. The van der Waals surface area contributed by atoms with Crippen LogP contribution in [0.25, 0.3) is 0 Å². The first-order valence-electron chi connectivity index (χ1n) is 5.60. The molecule has 3 unspecified atom stereocenters. The van der Waals surface area contributed by atoms with Gasteiger partial charge >= 0.3 is 0 Å². The molecular weight excluding hydrogens is 234 g/mol. The first-order chi connectivity index (χ1) is 7.05. The molecular formula is C10H18ClNO2S. The van der Waals surface area contributed by atoms with Crippen LogP contribution in [0, 0.1) is 11.8 Å². The lowest BCUT2D eigenvalue weighted by atomic mass is 10.0. The molecule has 0 bridgehead atoms. The molecule has 1 aliphatic carbocycles. The Morgan fingerprint density at radius 1 is 1.33 bits per heavy atom. The van der Waals surface area contributed by atoms with Gasteiger partial charge in [0, 0.05) is 19.0 Å². The average molecular weight is 252 g/mol. The second-order valence-electron chi connectivity index (χ2n) is 4.78. The summed E-state index contributed by atoms with van der Waals surface area (Å²) in [5.41, 5.74) is 0. The summed E-state index contributed by atoms with van der Waals surface area (Å²) in [4.78, 5) is 0. The van der Waals surface area contributed by atoms with E-state index in [0.29, 0.717) is 11.8 Å². The van der Waals surface area contributed by atoms with E-state index < -0.39 is 15.3 Å². The number of hydrogen-bond donors (Lipinski definition) is 0. The minimum Gasteiger partial charge on any atom is -0.212 e. The summed E-state index contributed by atoms with van der Waals surface area (Å²) in [6.07, 6.45) is 3.67. The lowest BCUT2D eigenvalue weighted by Crippen LogP contribution is -2.37. The summed E-state index contributed by atoms with van der Waals surface area (Å²) in [7, 11) is -3.13. The van der Waals surface area contributed by atoms with Gasteiger partial charge in [0.25, 0.3) is 0 Å². The van der Waals surface area contributed by atoms with Crippen LogP contribution in [0.1, 0.15) is 26.2 Å². The highest BCUT2D eigenvalue weighted by atomic mass is 35.5. The Kier molecular flexibility index (Phi) is 3.29. The monoisotopic (exact) mass is 251 g/mol. The van der Waals surface area contributed by atoms with E-state index in [1.165, 1.54) is 19.3 Å². The van der Waals surface area contributed by atoms with Gasteiger partial charge in [-0.05, 0) is 31.6 Å². The normalized spacial score (nSPS) is 34.3. The van der Waals surface area contributed by atoms with E-state index >= 15 is 0 Å². The molecule has 2 rings (SSSR count). The Morgan fingerprint density at radius 2 is 1.87 bits per heavy atom. The van der Waals surface area contributed by atoms with Crippen molar-refractivity contribution < 1.29 is 8.42 Å². The largest absolute Gasteiger partial charge is 0.217 e. The van der Waals surface area contributed by atoms with Crippen molar-refractivity contribution >= 4 is 21.6 Å². The summed E-state index contributed by atoms with van der Waals surface area (Å²) in [6.45, 7) is 3.15. The van der Waals surface area contributed by atoms with E-state index in [4.69, 9.17) is 11.6 Å². The number of halogens is 1. The SMILES string of the molecule is CC(CCl)S(=O)(=O)N1CC2CCCC2C1. The molecule has 3 nitrogen and oxygen atoms in total. The molecule has 2 fully saturated rings. The van der Waals surface area contributed by atoms with Gasteiger partial charge in [0.2, 0.25) is 10.0 Å². The van der Waals surface area contributed by atoms with Gasteiger partial charge in [0.05, 0.1) is 5.25 Å². The zero-order valence-corrected chi connectivity index (χ0v) is 10.6. The summed E-state index contributed by atoms with van der Waals surface area (Å²) in [5, 5.41) is -0.446. The van der Waals surface area contributed by atoms with Gasteiger partial charge in [-0.3, -0.25) is 0 Å². The van der Waals surface area contributed by atoms with Crippen LogP contribution < -0.4 is 0 Å². The minimum absolute atomic E-state index is 0.189. The maximum atomic E-state index is 12.0. The zero-order valence-electron chi connectivity index (χ0n) is 9.02. The molecule has 0 radical (unpaired) electrons. The number of sulfonamides is 1. The topological polar surface area (TPSA) is 37.4 Å². The molecule has 0 aromatic carbocycles. The van der Waals surface area contributed by atoms with Crippen LogP contribution in [0.15, 0.2) is 0 Å². The van der Waals surface area contributed by atoms with Crippen molar-refractivity contribution in [2.24, 2.45) is 11.8 Å². The van der Waals surface area contributed by atoms with Crippen molar-refractivity contribution in [1.82, 2.24) is 4.31 Å². The lowest BCUT2D eigenvalue weighted by molar-refractivity contribution is 0.440. The molecule has 0 spiro atoms. The molecule has 15 heavy (non-hydrogen) atoms. The van der Waals surface area contributed by atoms with E-state index in [1.54, 1.807) is 11.2 Å². The van der Waals surface area contributed by atoms with Crippen LogP contribution in [-0.4, -0.2) is 36.9 Å². The molecule has 0 aromatic heterocycles. The quantitative estimate of drug-likeness (QED) is 0.716. The Hall–Kier alpha value is 0.200. The molecule has 2 aliphatic rings. The minimum atomic E-state index is -3.13. The second kappa shape index (κ2) is 4.22. The Labute approximate surface area is 96.8 Å². The van der Waals surface area contributed by atoms with Crippen LogP contribution in [0.5, 0.6) is 0 Å². The highest BCUT2D eigenvalue weighted by Crippen LogP contribution is 2.39. The smallest absolute Gasteiger partial charge is 0.212 e. The van der Waals surface area contributed by atoms with Gasteiger partial charge in [-0.2, -0.15) is 0 Å². The standard InChI is InChI=1S/C10H18ClNO2S/c1-8(5-11)15(13,14)12-6-9-3-2-4-10(9)7-12/h8-10H,2-7H2,1H3. The molecule has 1 saturated heterocycles. The third-order valence-electron chi connectivity index (χ3n) is 3.78. The molecule has 1 heterocycles. The second-order valence-corrected chi connectivity index (χ2v) is 7.44. The Morgan fingerprint density at radius 3 is 2.33 bits per heavy atom. The predicted molar refractivity (Wildman–Crippen MR) is 61.5 cm³/mol. The number of hydrogen-bond acceptors (Lipinski definition) is 2. The first kappa shape index (κ1) is 11.7. The number of rotatable bonds is 3. The molecule has 1 saturated carbocycles. The summed E-state index contributed by atoms with van der Waals surface area (Å²) in [6, 6.07) is 0. The van der Waals surface area contributed by atoms with E-state index in [-0.39, 0.29) is 5.88 Å². The van der Waals surface area contributed by atoms with E-state index in [0.717, 1.165) is 13.1 Å². The van der Waals surface area contributed by atoms with Crippen LogP contribution >= 0.6 is 11.6 Å². The molecule has 1 aliphatic heterocycles. The fourth-order valence-corrected chi connectivity index (χ4v) is 4.68. The highest BCUT2D eigenvalue weighted by molar-refractivity contribution is 7.89. The van der Waals surface area contributed by atoms with Crippen LogP contribution in [-0.2, 0) is 10.0 Å². The molecule has 0 N–H and O–H groups in total. The average Bonchev–Trinajstić information content (AvgIpc) is 2.75. The van der Waals surface area contributed by atoms with Crippen molar-refractivity contribution in [3.8, 4) is 0 Å². The molecule has 5 heteroatoms. The van der Waals surface area contributed by atoms with Crippen LogP contribution in [0.4, 0.5) is 0 Å². The third-order valence-corrected chi connectivity index (χ3v) is 6.63. The maximum absolute atomic E-state index is 12.0. The Bertz CT molecular complexity index is 318. The predicted octanol–water partition coefficient (Wildman–Crippen LogP) is 1.68. The Balaban J connectivity index is 2.07. The van der Waals surface area contributed by atoms with E-state index in [2.05, 4.69) is 0 Å². The van der Waals surface area contributed by atoms with Crippen molar-refractivity contribution in [3.05, 3.63) is 0 Å². The number of fused-ring (bicyclic) bond motifs is 1. The van der Waals surface area contributed by atoms with Crippen molar-refractivity contribution in [1.29, 1.82) is 0 Å². The van der Waals surface area contributed by atoms with Crippen LogP contribution in [0.2, 0.25) is 0 Å². The fraction of sp³-hybridized carbons (Fsp3) is 1.00.